The van der Waals surface area contributed by atoms with Crippen molar-refractivity contribution in [3.63, 3.8) is 0 Å². The second kappa shape index (κ2) is 8.30. The van der Waals surface area contributed by atoms with Gasteiger partial charge in [-0.05, 0) is 119 Å². The Bertz CT molecular complexity index is 2060. The van der Waals surface area contributed by atoms with Crippen LogP contribution in [-0.2, 0) is 19.3 Å². The normalized spacial score (nSPS) is 12.4. The lowest BCUT2D eigenvalue weighted by Crippen LogP contribution is -1.94. The third kappa shape index (κ3) is 3.23. The van der Waals surface area contributed by atoms with Crippen LogP contribution in [0.4, 0.5) is 0 Å². The van der Waals surface area contributed by atoms with Gasteiger partial charge in [0.25, 0.3) is 0 Å². The summed E-state index contributed by atoms with van der Waals surface area (Å²) in [4.78, 5) is 0. The highest BCUT2D eigenvalue weighted by Gasteiger charge is 2.20. The minimum absolute atomic E-state index is 0.927. The number of benzene rings is 7. The van der Waals surface area contributed by atoms with E-state index in [0.717, 1.165) is 19.3 Å². The van der Waals surface area contributed by atoms with Crippen molar-refractivity contribution >= 4 is 43.1 Å². The molecule has 0 N–H and O–H groups in total. The zero-order valence-electron chi connectivity index (χ0n) is 21.6. The van der Waals surface area contributed by atoms with Gasteiger partial charge in [0, 0.05) is 0 Å². The largest absolute Gasteiger partial charge is 0.0616 e. The van der Waals surface area contributed by atoms with Gasteiger partial charge in [-0.1, -0.05) is 104 Å². The van der Waals surface area contributed by atoms with E-state index in [1.54, 1.807) is 0 Å². The van der Waals surface area contributed by atoms with Gasteiger partial charge in [0.05, 0.1) is 0 Å². The van der Waals surface area contributed by atoms with E-state index in [0.29, 0.717) is 0 Å². The molecule has 180 valence electrons. The van der Waals surface area contributed by atoms with E-state index in [9.17, 15) is 0 Å². The average Bonchev–Trinajstić information content (AvgIpc) is 3.32. The van der Waals surface area contributed by atoms with E-state index in [1.165, 1.54) is 82.0 Å². The highest BCUT2D eigenvalue weighted by atomic mass is 14.2. The van der Waals surface area contributed by atoms with Crippen molar-refractivity contribution in [2.75, 3.05) is 0 Å². The van der Waals surface area contributed by atoms with Crippen LogP contribution in [0.5, 0.6) is 0 Å². The predicted molar refractivity (Wildman–Crippen MR) is 163 cm³/mol. The second-order valence-corrected chi connectivity index (χ2v) is 10.8. The van der Waals surface area contributed by atoms with E-state index in [1.807, 2.05) is 0 Å². The van der Waals surface area contributed by atoms with Crippen molar-refractivity contribution in [1.82, 2.24) is 0 Å². The Labute approximate surface area is 223 Å². The van der Waals surface area contributed by atoms with Crippen LogP contribution in [0.3, 0.4) is 0 Å². The van der Waals surface area contributed by atoms with Crippen molar-refractivity contribution in [2.45, 2.75) is 26.2 Å². The molecule has 0 radical (unpaired) electrons. The molecule has 7 aromatic carbocycles. The molecule has 0 spiro atoms. The quantitative estimate of drug-likeness (QED) is 0.219. The number of fused-ring (bicyclic) bond motifs is 9. The zero-order chi connectivity index (χ0) is 25.2. The van der Waals surface area contributed by atoms with Crippen LogP contribution in [0.25, 0.3) is 54.2 Å². The Morgan fingerprint density at radius 3 is 1.76 bits per heavy atom. The summed E-state index contributed by atoms with van der Waals surface area (Å²) < 4.78 is 0. The lowest BCUT2D eigenvalue weighted by Gasteiger charge is -2.15. The summed E-state index contributed by atoms with van der Waals surface area (Å²) in [5.41, 5.74) is 9.91. The van der Waals surface area contributed by atoms with Crippen LogP contribution < -0.4 is 0 Å². The Morgan fingerprint density at radius 1 is 0.474 bits per heavy atom. The summed E-state index contributed by atoms with van der Waals surface area (Å²) in [7, 11) is 0. The summed E-state index contributed by atoms with van der Waals surface area (Å²) >= 11 is 0. The molecular formula is C38H28. The van der Waals surface area contributed by atoms with E-state index in [-0.39, 0.29) is 0 Å². The van der Waals surface area contributed by atoms with Crippen LogP contribution in [0, 0.1) is 0 Å². The van der Waals surface area contributed by atoms with Crippen LogP contribution in [0.2, 0.25) is 0 Å². The first-order chi connectivity index (χ1) is 18.8. The molecule has 1 aliphatic carbocycles. The Kier molecular flexibility index (Phi) is 4.73. The van der Waals surface area contributed by atoms with E-state index in [4.69, 9.17) is 0 Å². The molecule has 38 heavy (non-hydrogen) atoms. The maximum Gasteiger partial charge on any atom is -0.00132 e. The number of hydrogen-bond donors (Lipinski definition) is 0. The summed E-state index contributed by atoms with van der Waals surface area (Å²) in [6.45, 7) is 2.26. The molecule has 0 aliphatic heterocycles. The molecule has 7 aromatic rings. The van der Waals surface area contributed by atoms with Gasteiger partial charge in [-0.25, -0.2) is 0 Å². The van der Waals surface area contributed by atoms with Gasteiger partial charge in [-0.3, -0.25) is 0 Å². The smallest absolute Gasteiger partial charge is 0.00132 e. The monoisotopic (exact) mass is 484 g/mol. The van der Waals surface area contributed by atoms with Crippen molar-refractivity contribution < 1.29 is 0 Å². The van der Waals surface area contributed by atoms with Crippen molar-refractivity contribution in [1.29, 1.82) is 0 Å². The fourth-order valence-electron chi connectivity index (χ4n) is 6.79. The Balaban J connectivity index is 1.30. The van der Waals surface area contributed by atoms with E-state index in [2.05, 4.69) is 122 Å². The van der Waals surface area contributed by atoms with Crippen LogP contribution in [-0.4, -0.2) is 0 Å². The molecule has 0 fully saturated rings. The van der Waals surface area contributed by atoms with Crippen LogP contribution >= 0.6 is 0 Å². The molecule has 0 bridgehead atoms. The second-order valence-electron chi connectivity index (χ2n) is 10.8. The first-order valence-electron chi connectivity index (χ1n) is 13.8. The molecule has 1 aliphatic rings. The molecule has 0 heterocycles. The van der Waals surface area contributed by atoms with E-state index >= 15 is 0 Å². The zero-order valence-corrected chi connectivity index (χ0v) is 21.6. The highest BCUT2D eigenvalue weighted by molar-refractivity contribution is 6.19. The maximum atomic E-state index is 2.47. The highest BCUT2D eigenvalue weighted by Crippen LogP contribution is 2.41. The first-order valence-corrected chi connectivity index (χ1v) is 13.8. The molecule has 0 nitrogen and oxygen atoms in total. The van der Waals surface area contributed by atoms with Crippen LogP contribution in [0.15, 0.2) is 115 Å². The van der Waals surface area contributed by atoms with Crippen molar-refractivity contribution in [3.05, 3.63) is 143 Å². The lowest BCUT2D eigenvalue weighted by atomic mass is 9.88. The first kappa shape index (κ1) is 21.6. The maximum absolute atomic E-state index is 2.47. The van der Waals surface area contributed by atoms with Crippen molar-refractivity contribution in [2.24, 2.45) is 0 Å². The molecule has 0 saturated carbocycles. The third-order valence-electron chi connectivity index (χ3n) is 8.65. The molecule has 0 unspecified atom stereocenters. The van der Waals surface area contributed by atoms with Crippen LogP contribution in [0.1, 0.15) is 34.7 Å². The molecule has 0 aromatic heterocycles. The number of rotatable bonds is 3. The van der Waals surface area contributed by atoms with Gasteiger partial charge in [0.1, 0.15) is 0 Å². The molecule has 0 saturated heterocycles. The SMILES string of the molecule is CCc1cc2c3ccccc3c(Cc3ccc4c(c3)-c3cc5ccccc5cc3C4)cc2c2ccccc12. The van der Waals surface area contributed by atoms with Gasteiger partial charge in [0.2, 0.25) is 0 Å². The molecule has 8 rings (SSSR count). The summed E-state index contributed by atoms with van der Waals surface area (Å²) in [5, 5.41) is 10.9. The van der Waals surface area contributed by atoms with Gasteiger partial charge in [0.15, 0.2) is 0 Å². The minimum Gasteiger partial charge on any atom is -0.0616 e. The topological polar surface area (TPSA) is 0 Å². The van der Waals surface area contributed by atoms with Gasteiger partial charge < -0.3 is 0 Å². The predicted octanol–water partition coefficient (Wildman–Crippen LogP) is 10.0. The van der Waals surface area contributed by atoms with Gasteiger partial charge in [-0.15, -0.1) is 0 Å². The average molecular weight is 485 g/mol. The standard InChI is InChI=1S/C38H28/c1-2-25-21-37-34-14-8-6-12-32(34)29(23-38(37)33-13-7-5-11-31(25)33)17-24-15-16-28-20-30-19-26-9-3-4-10-27(26)22-36(30)35(28)18-24/h3-16,18-19,21-23H,2,17,20H2,1H3. The van der Waals surface area contributed by atoms with Crippen molar-refractivity contribution in [3.8, 4) is 11.1 Å². The summed E-state index contributed by atoms with van der Waals surface area (Å²) in [6.07, 6.45) is 3.00. The minimum atomic E-state index is 0.927. The number of aryl methyl sites for hydroxylation is 1. The van der Waals surface area contributed by atoms with E-state index < -0.39 is 0 Å². The summed E-state index contributed by atoms with van der Waals surface area (Å²) in [6, 6.07) is 43.5. The number of hydrogen-bond acceptors (Lipinski definition) is 0. The summed E-state index contributed by atoms with van der Waals surface area (Å²) in [5.74, 6) is 0. The Hall–Kier alpha value is -4.42. The molecular weight excluding hydrogens is 456 g/mol. The fourth-order valence-corrected chi connectivity index (χ4v) is 6.79. The molecule has 0 atom stereocenters. The third-order valence-corrected chi connectivity index (χ3v) is 8.65. The molecule has 0 amide bonds. The lowest BCUT2D eigenvalue weighted by molar-refractivity contribution is 1.16. The Morgan fingerprint density at radius 2 is 1.05 bits per heavy atom. The molecule has 0 heteroatoms. The fraction of sp³-hybridized carbons (Fsp3) is 0.105. The van der Waals surface area contributed by atoms with Gasteiger partial charge in [-0.2, -0.15) is 0 Å². The van der Waals surface area contributed by atoms with Gasteiger partial charge >= 0.3 is 0 Å².